The average molecular weight is 314 g/mol. The number of halogens is 1. The molecule has 104 valence electrons. The molecule has 0 aliphatic carbocycles. The zero-order valence-electron chi connectivity index (χ0n) is 11.2. The Labute approximate surface area is 128 Å². The van der Waals surface area contributed by atoms with E-state index in [0.29, 0.717) is 10.5 Å². The first-order chi connectivity index (χ1) is 10.2. The van der Waals surface area contributed by atoms with Crippen LogP contribution in [0.5, 0.6) is 0 Å². The Kier molecular flexibility index (Phi) is 3.92. The van der Waals surface area contributed by atoms with E-state index in [-0.39, 0.29) is 0 Å². The van der Waals surface area contributed by atoms with Gasteiger partial charge in [0.2, 0.25) is 0 Å². The molecule has 0 bridgehead atoms. The third-order valence-electron chi connectivity index (χ3n) is 3.27. The van der Waals surface area contributed by atoms with Crippen LogP contribution in [0.15, 0.2) is 79.0 Å². The molecule has 3 aromatic rings. The molecular weight excluding hydrogens is 301 g/mol. The highest BCUT2D eigenvalue weighted by Crippen LogP contribution is 2.41. The van der Waals surface area contributed by atoms with E-state index in [4.69, 9.17) is 11.6 Å². The van der Waals surface area contributed by atoms with Crippen molar-refractivity contribution >= 4 is 34.8 Å². The maximum atomic E-state index is 13.8. The molecule has 0 saturated carbocycles. The van der Waals surface area contributed by atoms with E-state index in [2.05, 4.69) is 4.98 Å². The van der Waals surface area contributed by atoms with Gasteiger partial charge in [0.1, 0.15) is 5.44 Å². The quantitative estimate of drug-likeness (QED) is 0.694. The lowest BCUT2D eigenvalue weighted by atomic mass is 10.4. The number of aromatic nitrogens is 1. The summed E-state index contributed by atoms with van der Waals surface area (Å²) >= 11 is 5.90. The van der Waals surface area contributed by atoms with Crippen molar-refractivity contribution in [3.63, 3.8) is 0 Å². The Morgan fingerprint density at radius 3 is 1.71 bits per heavy atom. The highest BCUT2D eigenvalue weighted by atomic mass is 35.5. The van der Waals surface area contributed by atoms with Crippen molar-refractivity contribution in [3.05, 3.63) is 84.0 Å². The second-order valence-electron chi connectivity index (χ2n) is 4.61. The lowest BCUT2D eigenvalue weighted by Crippen LogP contribution is -2.26. The Morgan fingerprint density at radius 1 is 0.762 bits per heavy atom. The molecule has 0 spiro atoms. The van der Waals surface area contributed by atoms with Crippen LogP contribution in [0.3, 0.4) is 0 Å². The van der Waals surface area contributed by atoms with E-state index in [1.54, 1.807) is 12.1 Å². The van der Waals surface area contributed by atoms with Crippen molar-refractivity contribution in [2.45, 2.75) is 0 Å². The molecule has 0 aliphatic heterocycles. The molecular formula is C17H13ClNOP. The van der Waals surface area contributed by atoms with E-state index in [0.717, 1.165) is 10.6 Å². The van der Waals surface area contributed by atoms with Crippen molar-refractivity contribution in [1.29, 1.82) is 0 Å². The smallest absolute Gasteiger partial charge is 0.188 e. The van der Waals surface area contributed by atoms with Crippen molar-refractivity contribution in [3.8, 4) is 0 Å². The highest BCUT2D eigenvalue weighted by molar-refractivity contribution is 7.85. The van der Waals surface area contributed by atoms with Crippen molar-refractivity contribution in [2.24, 2.45) is 0 Å². The summed E-state index contributed by atoms with van der Waals surface area (Å²) in [5.74, 6) is 0. The van der Waals surface area contributed by atoms with Crippen LogP contribution < -0.4 is 16.0 Å². The van der Waals surface area contributed by atoms with Crippen LogP contribution in [0, 0.1) is 0 Å². The highest BCUT2D eigenvalue weighted by Gasteiger charge is 2.30. The molecule has 3 rings (SSSR count). The minimum absolute atomic E-state index is 0.534. The summed E-state index contributed by atoms with van der Waals surface area (Å²) in [6, 6.07) is 22.4. The molecule has 0 amide bonds. The standard InChI is InChI=1S/C17H13ClNOP/c18-14-11-12-17(19-13-14)21(20,15-7-3-1-4-8-15)16-9-5-2-6-10-16/h1-13H. The number of benzene rings is 2. The molecule has 1 aromatic heterocycles. The number of nitrogens with zero attached hydrogens (tertiary/aromatic N) is 1. The Morgan fingerprint density at radius 2 is 1.29 bits per heavy atom. The van der Waals surface area contributed by atoms with Gasteiger partial charge < -0.3 is 4.57 Å². The lowest BCUT2D eigenvalue weighted by molar-refractivity contribution is 0.592. The Hall–Kier alpha value is -1.89. The van der Waals surface area contributed by atoms with Gasteiger partial charge in [0.25, 0.3) is 0 Å². The Balaban J connectivity index is 2.26. The van der Waals surface area contributed by atoms with E-state index < -0.39 is 7.14 Å². The van der Waals surface area contributed by atoms with E-state index in [1.807, 2.05) is 60.7 Å². The van der Waals surface area contributed by atoms with Gasteiger partial charge in [0.15, 0.2) is 7.14 Å². The van der Waals surface area contributed by atoms with Gasteiger partial charge in [0, 0.05) is 16.8 Å². The largest absolute Gasteiger partial charge is 0.307 e. The first kappa shape index (κ1) is 14.1. The van der Waals surface area contributed by atoms with Gasteiger partial charge >= 0.3 is 0 Å². The maximum absolute atomic E-state index is 13.8. The second kappa shape index (κ2) is 5.85. The molecule has 0 atom stereocenters. The van der Waals surface area contributed by atoms with Crippen LogP contribution >= 0.6 is 18.7 Å². The zero-order valence-corrected chi connectivity index (χ0v) is 12.8. The predicted molar refractivity (Wildman–Crippen MR) is 88.6 cm³/mol. The van der Waals surface area contributed by atoms with Gasteiger partial charge in [-0.25, -0.2) is 0 Å². The van der Waals surface area contributed by atoms with Gasteiger partial charge in [-0.2, -0.15) is 0 Å². The van der Waals surface area contributed by atoms with E-state index >= 15 is 0 Å². The average Bonchev–Trinajstić information content (AvgIpc) is 2.56. The van der Waals surface area contributed by atoms with Crippen molar-refractivity contribution < 1.29 is 4.57 Å². The SMILES string of the molecule is O=P(c1ccccc1)(c1ccccc1)c1ccc(Cl)cn1. The van der Waals surface area contributed by atoms with Crippen LogP contribution in [0.25, 0.3) is 0 Å². The van der Waals surface area contributed by atoms with Crippen molar-refractivity contribution in [2.75, 3.05) is 0 Å². The second-order valence-corrected chi connectivity index (χ2v) is 7.76. The van der Waals surface area contributed by atoms with Crippen LogP contribution in [0.4, 0.5) is 0 Å². The maximum Gasteiger partial charge on any atom is 0.188 e. The van der Waals surface area contributed by atoms with Gasteiger partial charge in [0.05, 0.1) is 5.02 Å². The monoisotopic (exact) mass is 313 g/mol. The normalized spacial score (nSPS) is 11.3. The molecule has 21 heavy (non-hydrogen) atoms. The fourth-order valence-electron chi connectivity index (χ4n) is 2.24. The van der Waals surface area contributed by atoms with E-state index in [9.17, 15) is 4.57 Å². The van der Waals surface area contributed by atoms with E-state index in [1.165, 1.54) is 6.20 Å². The molecule has 0 aliphatic rings. The summed E-state index contributed by atoms with van der Waals surface area (Å²) in [7, 11) is -2.97. The van der Waals surface area contributed by atoms with Gasteiger partial charge in [-0.15, -0.1) is 0 Å². The van der Waals surface area contributed by atoms with Gasteiger partial charge in [-0.3, -0.25) is 4.98 Å². The summed E-state index contributed by atoms with van der Waals surface area (Å²) in [6.07, 6.45) is 1.54. The number of rotatable bonds is 3. The molecule has 0 fully saturated rings. The molecule has 1 heterocycles. The summed E-state index contributed by atoms with van der Waals surface area (Å²) < 4.78 is 13.8. The molecule has 0 radical (unpaired) electrons. The summed E-state index contributed by atoms with van der Waals surface area (Å²) in [5, 5.41) is 2.07. The van der Waals surface area contributed by atoms with Crippen molar-refractivity contribution in [1.82, 2.24) is 4.98 Å². The third-order valence-corrected chi connectivity index (χ3v) is 6.46. The van der Waals surface area contributed by atoms with Crippen LogP contribution in [0.2, 0.25) is 5.02 Å². The zero-order chi connectivity index (χ0) is 14.7. The molecule has 2 nitrogen and oxygen atoms in total. The fourth-order valence-corrected chi connectivity index (χ4v) is 4.87. The predicted octanol–water partition coefficient (Wildman–Crippen LogP) is 3.37. The third kappa shape index (κ3) is 2.65. The molecule has 0 N–H and O–H groups in total. The summed E-state index contributed by atoms with van der Waals surface area (Å²) in [5.41, 5.74) is 0.546. The first-order valence-electron chi connectivity index (χ1n) is 6.54. The first-order valence-corrected chi connectivity index (χ1v) is 8.63. The lowest BCUT2D eigenvalue weighted by Gasteiger charge is -2.18. The summed E-state index contributed by atoms with van der Waals surface area (Å²) in [4.78, 5) is 4.31. The molecule has 2 aromatic carbocycles. The topological polar surface area (TPSA) is 30.0 Å². The van der Waals surface area contributed by atoms with Gasteiger partial charge in [-0.05, 0) is 12.1 Å². The number of hydrogen-bond acceptors (Lipinski definition) is 2. The number of hydrogen-bond donors (Lipinski definition) is 0. The number of pyridine rings is 1. The van der Waals surface area contributed by atoms with Crippen LogP contribution in [0.1, 0.15) is 0 Å². The molecule has 4 heteroatoms. The Bertz CT molecular complexity index is 729. The van der Waals surface area contributed by atoms with Crippen LogP contribution in [-0.2, 0) is 4.57 Å². The fraction of sp³-hybridized carbons (Fsp3) is 0. The van der Waals surface area contributed by atoms with Crippen LogP contribution in [-0.4, -0.2) is 4.98 Å². The molecule has 0 unspecified atom stereocenters. The molecule has 0 saturated heterocycles. The summed E-state index contributed by atoms with van der Waals surface area (Å²) in [6.45, 7) is 0. The minimum Gasteiger partial charge on any atom is -0.307 e. The van der Waals surface area contributed by atoms with Gasteiger partial charge in [-0.1, -0.05) is 72.3 Å². The minimum atomic E-state index is -2.97.